The highest BCUT2D eigenvalue weighted by Crippen LogP contribution is 2.20. The van der Waals surface area contributed by atoms with Gasteiger partial charge in [0.05, 0.1) is 6.54 Å². The fourth-order valence-electron chi connectivity index (χ4n) is 3.29. The summed E-state index contributed by atoms with van der Waals surface area (Å²) in [7, 11) is 1.66. The van der Waals surface area contributed by atoms with Crippen LogP contribution >= 0.6 is 0 Å². The Kier molecular flexibility index (Phi) is 7.38. The van der Waals surface area contributed by atoms with Crippen LogP contribution in [-0.4, -0.2) is 56.1 Å². The number of hydrogen-bond donors (Lipinski definition) is 3. The molecule has 154 valence electrons. The van der Waals surface area contributed by atoms with Gasteiger partial charge in [0.25, 0.3) is 0 Å². The van der Waals surface area contributed by atoms with Gasteiger partial charge in [-0.25, -0.2) is 9.37 Å². The van der Waals surface area contributed by atoms with Gasteiger partial charge in [0.2, 0.25) is 5.91 Å². The molecule has 1 fully saturated rings. The van der Waals surface area contributed by atoms with E-state index in [1.165, 1.54) is 11.6 Å². The molecule has 7 nitrogen and oxygen atoms in total. The minimum Gasteiger partial charge on any atom is -0.354 e. The van der Waals surface area contributed by atoms with Crippen molar-refractivity contribution >= 4 is 17.7 Å². The van der Waals surface area contributed by atoms with E-state index < -0.39 is 0 Å². The van der Waals surface area contributed by atoms with Crippen molar-refractivity contribution in [2.45, 2.75) is 18.9 Å². The average molecular weight is 398 g/mol. The number of nitrogens with zero attached hydrogens (tertiary/aromatic N) is 3. The summed E-state index contributed by atoms with van der Waals surface area (Å²) >= 11 is 0. The summed E-state index contributed by atoms with van der Waals surface area (Å²) in [5.74, 6) is 0.518. The Bertz CT molecular complexity index is 829. The van der Waals surface area contributed by atoms with E-state index in [-0.39, 0.29) is 24.3 Å². The van der Waals surface area contributed by atoms with E-state index in [0.29, 0.717) is 31.4 Å². The predicted molar refractivity (Wildman–Crippen MR) is 112 cm³/mol. The normalized spacial score (nSPS) is 16.6. The van der Waals surface area contributed by atoms with Gasteiger partial charge in [-0.3, -0.25) is 9.79 Å². The van der Waals surface area contributed by atoms with Gasteiger partial charge in [0.1, 0.15) is 0 Å². The Morgan fingerprint density at radius 1 is 1.24 bits per heavy atom. The number of amides is 1. The number of carbonyl (C=O) groups is 1. The third-order valence-corrected chi connectivity index (χ3v) is 4.79. The van der Waals surface area contributed by atoms with Crippen molar-refractivity contribution in [2.24, 2.45) is 4.99 Å². The van der Waals surface area contributed by atoms with Crippen LogP contribution in [0.25, 0.3) is 0 Å². The lowest BCUT2D eigenvalue weighted by molar-refractivity contribution is -0.119. The number of guanidine groups is 1. The molecule has 1 aliphatic rings. The van der Waals surface area contributed by atoms with Crippen LogP contribution in [-0.2, 0) is 11.2 Å². The van der Waals surface area contributed by atoms with Crippen LogP contribution in [0.1, 0.15) is 12.0 Å². The highest BCUT2D eigenvalue weighted by Gasteiger charge is 2.26. The molecule has 0 radical (unpaired) electrons. The van der Waals surface area contributed by atoms with Crippen LogP contribution in [0, 0.1) is 5.82 Å². The SMILES string of the molecule is CN=C(NCC(=O)NCCc1ccccc1)NC1CCN(c2ncccc2F)C1. The van der Waals surface area contributed by atoms with E-state index in [4.69, 9.17) is 0 Å². The molecule has 1 atom stereocenters. The van der Waals surface area contributed by atoms with Gasteiger partial charge in [-0.15, -0.1) is 0 Å². The predicted octanol–water partition coefficient (Wildman–Crippen LogP) is 1.32. The average Bonchev–Trinajstić information content (AvgIpc) is 3.20. The molecule has 29 heavy (non-hydrogen) atoms. The van der Waals surface area contributed by atoms with E-state index in [9.17, 15) is 9.18 Å². The molecule has 1 amide bonds. The molecule has 3 N–H and O–H groups in total. The zero-order valence-electron chi connectivity index (χ0n) is 16.6. The Morgan fingerprint density at radius 3 is 2.83 bits per heavy atom. The van der Waals surface area contributed by atoms with Crippen molar-refractivity contribution in [3.05, 3.63) is 60.0 Å². The van der Waals surface area contributed by atoms with Gasteiger partial charge in [-0.2, -0.15) is 0 Å². The minimum atomic E-state index is -0.317. The van der Waals surface area contributed by atoms with E-state index >= 15 is 0 Å². The lowest BCUT2D eigenvalue weighted by Crippen LogP contribution is -2.47. The minimum absolute atomic E-state index is 0.0903. The third-order valence-electron chi connectivity index (χ3n) is 4.79. The zero-order chi connectivity index (χ0) is 20.5. The van der Waals surface area contributed by atoms with E-state index in [1.807, 2.05) is 35.2 Å². The second kappa shape index (κ2) is 10.4. The number of nitrogens with one attached hydrogen (secondary N) is 3. The lowest BCUT2D eigenvalue weighted by Gasteiger charge is -2.19. The number of hydrogen-bond acceptors (Lipinski definition) is 4. The van der Waals surface area contributed by atoms with E-state index in [0.717, 1.165) is 12.8 Å². The molecule has 1 saturated heterocycles. The summed E-state index contributed by atoms with van der Waals surface area (Å²) < 4.78 is 13.9. The van der Waals surface area contributed by atoms with Gasteiger partial charge in [0, 0.05) is 38.9 Å². The van der Waals surface area contributed by atoms with Crippen molar-refractivity contribution < 1.29 is 9.18 Å². The van der Waals surface area contributed by atoms with Crippen LogP contribution in [0.2, 0.25) is 0 Å². The number of aliphatic imine (C=N–C) groups is 1. The maximum Gasteiger partial charge on any atom is 0.239 e. The number of benzene rings is 1. The summed E-state index contributed by atoms with van der Waals surface area (Å²) in [4.78, 5) is 22.3. The number of carbonyl (C=O) groups excluding carboxylic acids is 1. The number of aromatic nitrogens is 1. The molecule has 0 spiro atoms. The summed E-state index contributed by atoms with van der Waals surface area (Å²) in [5, 5.41) is 9.22. The maximum absolute atomic E-state index is 13.9. The molecule has 3 rings (SSSR count). The summed E-state index contributed by atoms with van der Waals surface area (Å²) in [6, 6.07) is 13.1. The Hall–Kier alpha value is -3.16. The highest BCUT2D eigenvalue weighted by atomic mass is 19.1. The Labute approximate surface area is 170 Å². The van der Waals surface area contributed by atoms with Gasteiger partial charge >= 0.3 is 0 Å². The second-order valence-electron chi connectivity index (χ2n) is 6.90. The second-order valence-corrected chi connectivity index (χ2v) is 6.90. The monoisotopic (exact) mass is 398 g/mol. The van der Waals surface area contributed by atoms with Crippen molar-refractivity contribution in [3.8, 4) is 0 Å². The highest BCUT2D eigenvalue weighted by molar-refractivity contribution is 5.86. The fraction of sp³-hybridized carbons (Fsp3) is 0.381. The van der Waals surface area contributed by atoms with Crippen LogP contribution in [0.5, 0.6) is 0 Å². The van der Waals surface area contributed by atoms with Crippen LogP contribution in [0.3, 0.4) is 0 Å². The van der Waals surface area contributed by atoms with E-state index in [2.05, 4.69) is 25.9 Å². The van der Waals surface area contributed by atoms with Crippen LogP contribution in [0.4, 0.5) is 10.2 Å². The van der Waals surface area contributed by atoms with Gasteiger partial charge in [-0.1, -0.05) is 30.3 Å². The van der Waals surface area contributed by atoms with Gasteiger partial charge in [0.15, 0.2) is 17.6 Å². The number of halogens is 1. The van der Waals surface area contributed by atoms with Crippen LogP contribution in [0.15, 0.2) is 53.7 Å². The molecule has 1 aromatic heterocycles. The van der Waals surface area contributed by atoms with E-state index in [1.54, 1.807) is 19.3 Å². The van der Waals surface area contributed by atoms with Crippen LogP contribution < -0.4 is 20.9 Å². The summed E-state index contributed by atoms with van der Waals surface area (Å²) in [6.45, 7) is 2.06. The quantitative estimate of drug-likeness (QED) is 0.484. The largest absolute Gasteiger partial charge is 0.354 e. The molecular weight excluding hydrogens is 371 g/mol. The first-order valence-corrected chi connectivity index (χ1v) is 9.79. The molecular formula is C21H27FN6O. The molecule has 1 aromatic carbocycles. The molecule has 0 aliphatic carbocycles. The van der Waals surface area contributed by atoms with Crippen molar-refractivity contribution in [2.75, 3.05) is 38.1 Å². The third kappa shape index (κ3) is 6.17. The standard InChI is InChI=1S/C21H27FN6O/c1-23-21(26-14-19(29)24-12-9-16-6-3-2-4-7-16)27-17-10-13-28(15-17)20-18(22)8-5-11-25-20/h2-8,11,17H,9-10,12-15H2,1H3,(H,24,29)(H2,23,26,27). The van der Waals surface area contributed by atoms with Gasteiger partial charge < -0.3 is 20.9 Å². The van der Waals surface area contributed by atoms with Gasteiger partial charge in [-0.05, 0) is 30.5 Å². The maximum atomic E-state index is 13.9. The Balaban J connectivity index is 1.38. The topological polar surface area (TPSA) is 81.6 Å². The number of rotatable bonds is 7. The number of anilines is 1. The molecule has 2 aromatic rings. The molecule has 8 heteroatoms. The Morgan fingerprint density at radius 2 is 2.07 bits per heavy atom. The first-order chi connectivity index (χ1) is 14.2. The molecule has 0 bridgehead atoms. The fourth-order valence-corrected chi connectivity index (χ4v) is 3.29. The first kappa shape index (κ1) is 20.6. The molecule has 1 aliphatic heterocycles. The number of pyridine rings is 1. The summed E-state index contributed by atoms with van der Waals surface area (Å²) in [6.07, 6.45) is 3.22. The summed E-state index contributed by atoms with van der Waals surface area (Å²) in [5.41, 5.74) is 1.19. The molecule has 1 unspecified atom stereocenters. The van der Waals surface area contributed by atoms with Crippen molar-refractivity contribution in [1.29, 1.82) is 0 Å². The molecule has 2 heterocycles. The molecule has 0 saturated carbocycles. The zero-order valence-corrected chi connectivity index (χ0v) is 16.6. The smallest absolute Gasteiger partial charge is 0.239 e. The first-order valence-electron chi connectivity index (χ1n) is 9.79. The lowest BCUT2D eigenvalue weighted by atomic mass is 10.1. The van der Waals surface area contributed by atoms with Crippen molar-refractivity contribution in [3.63, 3.8) is 0 Å². The van der Waals surface area contributed by atoms with Crippen molar-refractivity contribution in [1.82, 2.24) is 20.9 Å².